The molecular weight excluding hydrogens is 192 g/mol. The Bertz CT molecular complexity index is 229. The fraction of sp³-hybridized carbons (Fsp3) is 0.900. The van der Waals surface area contributed by atoms with Gasteiger partial charge in [0.25, 0.3) is 0 Å². The minimum atomic E-state index is 0.316. The number of oxime groups is 1. The molecule has 0 saturated carbocycles. The summed E-state index contributed by atoms with van der Waals surface area (Å²) in [6.45, 7) is 4.30. The molecule has 0 amide bonds. The summed E-state index contributed by atoms with van der Waals surface area (Å²) < 4.78 is 0. The summed E-state index contributed by atoms with van der Waals surface area (Å²) in [7, 11) is 4.23. The second-order valence-corrected chi connectivity index (χ2v) is 4.55. The van der Waals surface area contributed by atoms with Crippen LogP contribution in [0.5, 0.6) is 0 Å². The first kappa shape index (κ1) is 12.3. The summed E-state index contributed by atoms with van der Waals surface area (Å²) >= 11 is 0. The molecule has 0 radical (unpaired) electrons. The zero-order valence-corrected chi connectivity index (χ0v) is 9.85. The first-order valence-electron chi connectivity index (χ1n) is 5.41. The molecule has 2 unspecified atom stereocenters. The van der Waals surface area contributed by atoms with Crippen molar-refractivity contribution in [3.05, 3.63) is 0 Å². The Balaban J connectivity index is 2.39. The average Bonchev–Trinajstić information content (AvgIpc) is 2.66. The molecule has 1 aliphatic heterocycles. The predicted octanol–water partition coefficient (Wildman–Crippen LogP) is 0.147. The molecule has 3 N–H and O–H groups in total. The van der Waals surface area contributed by atoms with E-state index in [-0.39, 0.29) is 0 Å². The standard InChI is InChI=1S/C10H22N4O/c1-8(6-10(11)12-15)14-5-4-9(7-14)13(2)3/h8-9,15H,4-7H2,1-3H3,(H2,11,12). The molecule has 15 heavy (non-hydrogen) atoms. The third-order valence-electron chi connectivity index (χ3n) is 3.18. The molecule has 0 spiro atoms. The van der Waals surface area contributed by atoms with Crippen LogP contribution in [0.15, 0.2) is 5.16 Å². The van der Waals surface area contributed by atoms with Crippen LogP contribution >= 0.6 is 0 Å². The molecule has 88 valence electrons. The van der Waals surface area contributed by atoms with Crippen molar-refractivity contribution in [1.82, 2.24) is 9.80 Å². The largest absolute Gasteiger partial charge is 0.409 e. The van der Waals surface area contributed by atoms with Gasteiger partial charge >= 0.3 is 0 Å². The molecule has 5 nitrogen and oxygen atoms in total. The van der Waals surface area contributed by atoms with E-state index >= 15 is 0 Å². The van der Waals surface area contributed by atoms with Crippen molar-refractivity contribution >= 4 is 5.84 Å². The third kappa shape index (κ3) is 3.35. The maximum absolute atomic E-state index is 8.50. The van der Waals surface area contributed by atoms with Gasteiger partial charge in [-0.1, -0.05) is 5.16 Å². The molecule has 0 aromatic heterocycles. The van der Waals surface area contributed by atoms with E-state index in [0.29, 0.717) is 24.3 Å². The first-order valence-corrected chi connectivity index (χ1v) is 5.41. The summed E-state index contributed by atoms with van der Waals surface area (Å²) in [5.41, 5.74) is 5.50. The van der Waals surface area contributed by atoms with Crippen LogP contribution in [0, 0.1) is 0 Å². The van der Waals surface area contributed by atoms with Gasteiger partial charge in [0, 0.05) is 31.6 Å². The lowest BCUT2D eigenvalue weighted by atomic mass is 10.2. The minimum absolute atomic E-state index is 0.316. The highest BCUT2D eigenvalue weighted by atomic mass is 16.4. The van der Waals surface area contributed by atoms with E-state index in [4.69, 9.17) is 10.9 Å². The Kier molecular flexibility index (Phi) is 4.35. The monoisotopic (exact) mass is 214 g/mol. The Labute approximate surface area is 91.5 Å². The van der Waals surface area contributed by atoms with Crippen LogP contribution in [0.4, 0.5) is 0 Å². The molecular formula is C10H22N4O. The molecule has 2 atom stereocenters. The molecule has 1 fully saturated rings. The third-order valence-corrected chi connectivity index (χ3v) is 3.18. The Morgan fingerprint density at radius 3 is 2.80 bits per heavy atom. The van der Waals surface area contributed by atoms with Crippen LogP contribution in [0.2, 0.25) is 0 Å². The number of rotatable bonds is 4. The summed E-state index contributed by atoms with van der Waals surface area (Å²) in [5.74, 6) is 0.316. The zero-order chi connectivity index (χ0) is 11.4. The molecule has 0 aromatic carbocycles. The van der Waals surface area contributed by atoms with E-state index in [1.165, 1.54) is 6.42 Å². The van der Waals surface area contributed by atoms with E-state index in [0.717, 1.165) is 13.1 Å². The van der Waals surface area contributed by atoms with Crippen molar-refractivity contribution in [2.45, 2.75) is 31.8 Å². The lowest BCUT2D eigenvalue weighted by molar-refractivity contribution is 0.228. The van der Waals surface area contributed by atoms with Gasteiger partial charge in [0.1, 0.15) is 5.84 Å². The van der Waals surface area contributed by atoms with Crippen LogP contribution in [0.25, 0.3) is 0 Å². The van der Waals surface area contributed by atoms with Gasteiger partial charge in [0.2, 0.25) is 0 Å². The van der Waals surface area contributed by atoms with E-state index in [2.05, 4.69) is 36.0 Å². The maximum Gasteiger partial charge on any atom is 0.140 e. The normalized spacial score (nSPS) is 26.1. The van der Waals surface area contributed by atoms with Crippen molar-refractivity contribution in [3.63, 3.8) is 0 Å². The molecule has 0 aromatic rings. The van der Waals surface area contributed by atoms with Crippen molar-refractivity contribution < 1.29 is 5.21 Å². The Hall–Kier alpha value is -0.810. The number of nitrogens with two attached hydrogens (primary N) is 1. The average molecular weight is 214 g/mol. The van der Waals surface area contributed by atoms with E-state index in [9.17, 15) is 0 Å². The van der Waals surface area contributed by atoms with E-state index in [1.807, 2.05) is 0 Å². The summed E-state index contributed by atoms with van der Waals surface area (Å²) in [4.78, 5) is 4.65. The number of likely N-dealkylation sites (tertiary alicyclic amines) is 1. The number of nitrogens with zero attached hydrogens (tertiary/aromatic N) is 3. The van der Waals surface area contributed by atoms with Crippen molar-refractivity contribution in [2.75, 3.05) is 27.2 Å². The molecule has 0 bridgehead atoms. The Morgan fingerprint density at radius 2 is 2.33 bits per heavy atom. The molecule has 1 heterocycles. The second kappa shape index (κ2) is 5.32. The smallest absolute Gasteiger partial charge is 0.140 e. The van der Waals surface area contributed by atoms with Crippen LogP contribution in [-0.4, -0.2) is 60.1 Å². The molecule has 1 rings (SSSR count). The molecule has 1 aliphatic rings. The van der Waals surface area contributed by atoms with Crippen molar-refractivity contribution in [1.29, 1.82) is 0 Å². The van der Waals surface area contributed by atoms with Gasteiger partial charge in [0.15, 0.2) is 0 Å². The summed E-state index contributed by atoms with van der Waals surface area (Å²) in [5, 5.41) is 11.5. The minimum Gasteiger partial charge on any atom is -0.409 e. The molecule has 5 heteroatoms. The van der Waals surface area contributed by atoms with Gasteiger partial charge < -0.3 is 15.8 Å². The van der Waals surface area contributed by atoms with Crippen LogP contribution in [-0.2, 0) is 0 Å². The number of hydrogen-bond donors (Lipinski definition) is 2. The number of hydrogen-bond acceptors (Lipinski definition) is 4. The highest BCUT2D eigenvalue weighted by Crippen LogP contribution is 2.17. The fourth-order valence-corrected chi connectivity index (χ4v) is 2.06. The van der Waals surface area contributed by atoms with Gasteiger partial charge in [-0.05, 0) is 27.4 Å². The molecule has 1 saturated heterocycles. The zero-order valence-electron chi connectivity index (χ0n) is 9.85. The van der Waals surface area contributed by atoms with Gasteiger partial charge in [-0.15, -0.1) is 0 Å². The van der Waals surface area contributed by atoms with Crippen LogP contribution in [0.1, 0.15) is 19.8 Å². The lowest BCUT2D eigenvalue weighted by Gasteiger charge is -2.25. The van der Waals surface area contributed by atoms with Crippen LogP contribution in [0.3, 0.4) is 0 Å². The quantitative estimate of drug-likeness (QED) is 0.302. The highest BCUT2D eigenvalue weighted by Gasteiger charge is 2.27. The van der Waals surface area contributed by atoms with E-state index in [1.54, 1.807) is 0 Å². The summed E-state index contributed by atoms with van der Waals surface area (Å²) in [6, 6.07) is 0.991. The number of amidine groups is 1. The van der Waals surface area contributed by atoms with Crippen molar-refractivity contribution in [2.24, 2.45) is 10.9 Å². The van der Waals surface area contributed by atoms with E-state index < -0.39 is 0 Å². The first-order chi connectivity index (χ1) is 7.04. The summed E-state index contributed by atoms with van der Waals surface area (Å²) in [6.07, 6.45) is 1.84. The Morgan fingerprint density at radius 1 is 1.67 bits per heavy atom. The van der Waals surface area contributed by atoms with Gasteiger partial charge in [-0.2, -0.15) is 0 Å². The highest BCUT2D eigenvalue weighted by molar-refractivity contribution is 5.80. The molecule has 0 aliphatic carbocycles. The van der Waals surface area contributed by atoms with Crippen molar-refractivity contribution in [3.8, 4) is 0 Å². The van der Waals surface area contributed by atoms with Gasteiger partial charge in [-0.25, -0.2) is 0 Å². The predicted molar refractivity (Wildman–Crippen MR) is 61.2 cm³/mol. The fourth-order valence-electron chi connectivity index (χ4n) is 2.06. The van der Waals surface area contributed by atoms with Crippen LogP contribution < -0.4 is 5.73 Å². The number of likely N-dealkylation sites (N-methyl/N-ethyl adjacent to an activating group) is 1. The second-order valence-electron chi connectivity index (χ2n) is 4.55. The maximum atomic E-state index is 8.50. The lowest BCUT2D eigenvalue weighted by Crippen LogP contribution is -2.37. The SMILES string of the molecule is CC(CC(N)=NO)N1CCC(N(C)C)C1. The topological polar surface area (TPSA) is 65.1 Å². The van der Waals surface area contributed by atoms with Gasteiger partial charge in [-0.3, -0.25) is 4.90 Å². The van der Waals surface area contributed by atoms with Gasteiger partial charge in [0.05, 0.1) is 0 Å².